The van der Waals surface area contributed by atoms with E-state index in [-0.39, 0.29) is 6.04 Å². The summed E-state index contributed by atoms with van der Waals surface area (Å²) in [5, 5.41) is 3.22. The number of amides is 1. The van der Waals surface area contributed by atoms with E-state index in [0.29, 0.717) is 12.1 Å². The summed E-state index contributed by atoms with van der Waals surface area (Å²) in [4.78, 5) is 23.5. The predicted molar refractivity (Wildman–Crippen MR) is 89.1 cm³/mol. The summed E-state index contributed by atoms with van der Waals surface area (Å²) >= 11 is 6.53. The van der Waals surface area contributed by atoms with Crippen molar-refractivity contribution in [3.05, 3.63) is 35.5 Å². The summed E-state index contributed by atoms with van der Waals surface area (Å²) in [6.45, 7) is 5.93. The maximum atomic E-state index is 12.0. The van der Waals surface area contributed by atoms with E-state index in [1.165, 1.54) is 0 Å². The molecule has 122 valence electrons. The molecular formula is C17H19ClN2O3. The van der Waals surface area contributed by atoms with Gasteiger partial charge in [-0.3, -0.25) is 4.79 Å². The predicted octanol–water partition coefficient (Wildman–Crippen LogP) is 3.64. The molecule has 1 amide bonds. The molecule has 1 aliphatic rings. The van der Waals surface area contributed by atoms with Gasteiger partial charge in [0.1, 0.15) is 5.60 Å². The van der Waals surface area contributed by atoms with Crippen LogP contribution in [0.25, 0.3) is 10.9 Å². The van der Waals surface area contributed by atoms with Crippen molar-refractivity contribution in [2.24, 2.45) is 0 Å². The molecule has 0 saturated carbocycles. The highest BCUT2D eigenvalue weighted by Gasteiger charge is 2.37. The molecule has 2 atom stereocenters. The van der Waals surface area contributed by atoms with E-state index in [2.05, 4.69) is 5.32 Å². The summed E-state index contributed by atoms with van der Waals surface area (Å²) in [6, 6.07) is 7.35. The Kier molecular flexibility index (Phi) is 3.84. The lowest BCUT2D eigenvalue weighted by molar-refractivity contribution is 0.0503. The van der Waals surface area contributed by atoms with Gasteiger partial charge >= 0.3 is 6.09 Å². The van der Waals surface area contributed by atoms with Crippen LogP contribution in [0.1, 0.15) is 42.2 Å². The summed E-state index contributed by atoms with van der Waals surface area (Å²) in [5.74, 6) is 0. The highest BCUT2D eigenvalue weighted by atomic mass is 35.5. The van der Waals surface area contributed by atoms with E-state index >= 15 is 0 Å². The number of rotatable bonds is 2. The smallest absolute Gasteiger partial charge is 0.407 e. The molecule has 1 aliphatic heterocycles. The Labute approximate surface area is 139 Å². The molecule has 1 N–H and O–H groups in total. The molecule has 0 radical (unpaired) electrons. The summed E-state index contributed by atoms with van der Waals surface area (Å²) in [7, 11) is 0. The number of aldehydes is 1. The van der Waals surface area contributed by atoms with Gasteiger partial charge < -0.3 is 14.6 Å². The second-order valence-corrected chi connectivity index (χ2v) is 7.17. The minimum atomic E-state index is -0.569. The molecule has 1 aromatic heterocycles. The van der Waals surface area contributed by atoms with Gasteiger partial charge in [-0.2, -0.15) is 0 Å². The Bertz CT molecular complexity index is 776. The average Bonchev–Trinajstić information content (AvgIpc) is 2.93. The largest absolute Gasteiger partial charge is 0.444 e. The van der Waals surface area contributed by atoms with Gasteiger partial charge in [-0.1, -0.05) is 18.2 Å². The first-order valence-corrected chi connectivity index (χ1v) is 7.95. The fourth-order valence-corrected chi connectivity index (χ4v) is 3.40. The molecule has 2 heterocycles. The number of carbonyl (C=O) groups is 2. The lowest BCUT2D eigenvalue weighted by Crippen LogP contribution is -2.40. The van der Waals surface area contributed by atoms with Gasteiger partial charge in [0.2, 0.25) is 0 Å². The molecule has 0 fully saturated rings. The summed E-state index contributed by atoms with van der Waals surface area (Å²) in [6.07, 6.45) is 0.329. The van der Waals surface area contributed by atoms with Gasteiger partial charge in [0.25, 0.3) is 0 Å². The van der Waals surface area contributed by atoms with Crippen LogP contribution in [0.5, 0.6) is 0 Å². The number of para-hydroxylation sites is 1. The normalized spacial score (nSPS) is 20.3. The number of hydrogen-bond acceptors (Lipinski definition) is 3. The monoisotopic (exact) mass is 334 g/mol. The maximum absolute atomic E-state index is 12.0. The zero-order valence-corrected chi connectivity index (χ0v) is 14.1. The van der Waals surface area contributed by atoms with E-state index in [0.717, 1.165) is 22.9 Å². The van der Waals surface area contributed by atoms with Crippen molar-refractivity contribution in [3.8, 4) is 0 Å². The number of aromatic nitrogens is 1. The topological polar surface area (TPSA) is 60.3 Å². The molecule has 2 aromatic rings. The number of halogens is 1. The number of benzene rings is 1. The molecular weight excluding hydrogens is 316 g/mol. The average molecular weight is 335 g/mol. The second kappa shape index (κ2) is 5.57. The Morgan fingerprint density at radius 3 is 2.74 bits per heavy atom. The Balaban J connectivity index is 1.89. The van der Waals surface area contributed by atoms with E-state index in [1.807, 2.05) is 28.8 Å². The van der Waals surface area contributed by atoms with Crippen LogP contribution in [0.3, 0.4) is 0 Å². The lowest BCUT2D eigenvalue weighted by Gasteiger charge is -2.22. The number of fused-ring (bicyclic) bond motifs is 3. The molecule has 0 spiro atoms. The zero-order chi connectivity index (χ0) is 16.8. The Morgan fingerprint density at radius 2 is 2.09 bits per heavy atom. The molecule has 1 aromatic carbocycles. The summed E-state index contributed by atoms with van der Waals surface area (Å²) in [5.41, 5.74) is 1.72. The first-order valence-electron chi connectivity index (χ1n) is 7.51. The Morgan fingerprint density at radius 1 is 1.39 bits per heavy atom. The van der Waals surface area contributed by atoms with Gasteiger partial charge in [0.05, 0.1) is 11.4 Å². The lowest BCUT2D eigenvalue weighted by atomic mass is 10.1. The van der Waals surface area contributed by atoms with Crippen LogP contribution in [0, 0.1) is 0 Å². The van der Waals surface area contributed by atoms with E-state index in [1.54, 1.807) is 20.8 Å². The van der Waals surface area contributed by atoms with Crippen LogP contribution < -0.4 is 5.32 Å². The van der Waals surface area contributed by atoms with Crippen molar-refractivity contribution in [2.45, 2.75) is 44.3 Å². The number of ether oxygens (including phenoxy) is 1. The molecule has 3 rings (SSSR count). The second-order valence-electron chi connectivity index (χ2n) is 6.70. The van der Waals surface area contributed by atoms with Gasteiger partial charge in [0.15, 0.2) is 6.29 Å². The zero-order valence-electron chi connectivity index (χ0n) is 13.3. The van der Waals surface area contributed by atoms with E-state index in [4.69, 9.17) is 16.3 Å². The van der Waals surface area contributed by atoms with Crippen molar-refractivity contribution in [1.82, 2.24) is 9.88 Å². The highest BCUT2D eigenvalue weighted by molar-refractivity contribution is 6.22. The third kappa shape index (κ3) is 2.81. The third-order valence-electron chi connectivity index (χ3n) is 3.87. The molecule has 23 heavy (non-hydrogen) atoms. The molecule has 5 nitrogen and oxygen atoms in total. The molecule has 0 unspecified atom stereocenters. The van der Waals surface area contributed by atoms with Crippen LogP contribution in [0.4, 0.5) is 4.79 Å². The van der Waals surface area contributed by atoms with E-state index < -0.39 is 17.1 Å². The van der Waals surface area contributed by atoms with Crippen LogP contribution >= 0.6 is 11.6 Å². The van der Waals surface area contributed by atoms with Crippen LogP contribution in [0.15, 0.2) is 24.3 Å². The van der Waals surface area contributed by atoms with Crippen molar-refractivity contribution in [3.63, 3.8) is 0 Å². The van der Waals surface area contributed by atoms with Gasteiger partial charge in [-0.25, -0.2) is 4.79 Å². The van der Waals surface area contributed by atoms with Crippen molar-refractivity contribution in [1.29, 1.82) is 0 Å². The van der Waals surface area contributed by atoms with E-state index in [9.17, 15) is 9.59 Å². The minimum Gasteiger partial charge on any atom is -0.444 e. The maximum Gasteiger partial charge on any atom is 0.407 e. The third-order valence-corrected chi connectivity index (χ3v) is 4.38. The number of nitrogens with zero attached hydrogens (tertiary/aromatic N) is 1. The van der Waals surface area contributed by atoms with Gasteiger partial charge in [0, 0.05) is 28.7 Å². The molecule has 0 saturated heterocycles. The fourth-order valence-electron chi connectivity index (χ4n) is 3.03. The fraction of sp³-hybridized carbons (Fsp3) is 0.412. The first-order chi connectivity index (χ1) is 10.8. The number of carbonyl (C=O) groups excluding carboxylic acids is 2. The van der Waals surface area contributed by atoms with Gasteiger partial charge in [-0.15, -0.1) is 11.6 Å². The van der Waals surface area contributed by atoms with Crippen molar-refractivity contribution < 1.29 is 14.3 Å². The molecule has 0 bridgehead atoms. The SMILES string of the molecule is CC(C)(C)OC(=O)N[C@H]1Cn2c(c(C=O)c3ccccc32)[C@H]1Cl. The van der Waals surface area contributed by atoms with Crippen LogP contribution in [-0.2, 0) is 11.3 Å². The van der Waals surface area contributed by atoms with Crippen molar-refractivity contribution >= 4 is 34.9 Å². The number of alkyl carbamates (subject to hydrolysis) is 1. The highest BCUT2D eigenvalue weighted by Crippen LogP contribution is 2.40. The quantitative estimate of drug-likeness (QED) is 0.673. The minimum absolute atomic E-state index is 0.315. The van der Waals surface area contributed by atoms with Crippen LogP contribution in [0.2, 0.25) is 0 Å². The summed E-state index contributed by atoms with van der Waals surface area (Å²) < 4.78 is 7.28. The van der Waals surface area contributed by atoms with Crippen molar-refractivity contribution in [2.75, 3.05) is 0 Å². The molecule has 0 aliphatic carbocycles. The standard InChI is InChI=1S/C17H19ClN2O3/c1-17(2,3)23-16(22)19-12-8-20-13-7-5-4-6-10(13)11(9-21)15(20)14(12)18/h4-7,9,12,14H,8H2,1-3H3,(H,19,22)/t12-,14-/m0/s1. The van der Waals surface area contributed by atoms with Crippen LogP contribution in [-0.4, -0.2) is 28.6 Å². The molecule has 6 heteroatoms. The number of hydrogen-bond donors (Lipinski definition) is 1. The number of alkyl halides is 1. The first kappa shape index (κ1) is 15.9. The Hall–Kier alpha value is -2.01. The van der Waals surface area contributed by atoms with Gasteiger partial charge in [-0.05, 0) is 26.8 Å². The number of nitrogens with one attached hydrogen (secondary N) is 1.